The summed E-state index contributed by atoms with van der Waals surface area (Å²) in [6.07, 6.45) is 0.151. The van der Waals surface area contributed by atoms with Gasteiger partial charge in [-0.2, -0.15) is 0 Å². The van der Waals surface area contributed by atoms with Gasteiger partial charge < -0.3 is 29.7 Å². The highest BCUT2D eigenvalue weighted by atomic mass is 16.6. The molecular weight excluding hydrogens is 402 g/mol. The van der Waals surface area contributed by atoms with E-state index in [2.05, 4.69) is 20.3 Å². The molecule has 10 heteroatoms. The van der Waals surface area contributed by atoms with E-state index >= 15 is 0 Å². The van der Waals surface area contributed by atoms with Crippen molar-refractivity contribution < 1.29 is 24.4 Å². The molecule has 5 rings (SSSR count). The zero-order valence-electron chi connectivity index (χ0n) is 16.9. The van der Waals surface area contributed by atoms with E-state index in [1.807, 2.05) is 30.3 Å². The van der Waals surface area contributed by atoms with Gasteiger partial charge in [-0.05, 0) is 12.0 Å². The van der Waals surface area contributed by atoms with Crippen LogP contribution in [0.4, 0.5) is 5.82 Å². The summed E-state index contributed by atoms with van der Waals surface area (Å²) < 4.78 is 18.7. The molecular formula is C21H25N5O5. The molecule has 3 N–H and O–H groups in total. The van der Waals surface area contributed by atoms with Crippen LogP contribution in [0.1, 0.15) is 18.2 Å². The van der Waals surface area contributed by atoms with E-state index in [0.29, 0.717) is 36.8 Å². The molecule has 1 aromatic carbocycles. The first kappa shape index (κ1) is 20.3. The Balaban J connectivity index is 1.29. The first-order valence-corrected chi connectivity index (χ1v) is 10.4. The van der Waals surface area contributed by atoms with Gasteiger partial charge in [-0.3, -0.25) is 4.57 Å². The molecule has 0 amide bonds. The second-order valence-corrected chi connectivity index (χ2v) is 7.80. The molecule has 0 spiro atoms. The van der Waals surface area contributed by atoms with Crippen molar-refractivity contribution >= 4 is 17.0 Å². The molecule has 2 fully saturated rings. The Kier molecular flexibility index (Phi) is 5.79. The molecule has 5 atom stereocenters. The third-order valence-corrected chi connectivity index (χ3v) is 5.63. The summed E-state index contributed by atoms with van der Waals surface area (Å²) in [5, 5.41) is 24.4. The molecule has 2 aliphatic heterocycles. The van der Waals surface area contributed by atoms with E-state index in [0.717, 1.165) is 12.0 Å². The number of fused-ring (bicyclic) bond motifs is 1. The Morgan fingerprint density at radius 2 is 2.00 bits per heavy atom. The van der Waals surface area contributed by atoms with Gasteiger partial charge >= 0.3 is 0 Å². The van der Waals surface area contributed by atoms with Crippen molar-refractivity contribution in [2.45, 2.75) is 43.6 Å². The summed E-state index contributed by atoms with van der Waals surface area (Å²) in [4.78, 5) is 13.0. The summed E-state index contributed by atoms with van der Waals surface area (Å²) in [6, 6.07) is 9.91. The summed E-state index contributed by atoms with van der Waals surface area (Å²) >= 11 is 0. The van der Waals surface area contributed by atoms with Gasteiger partial charge in [0.15, 0.2) is 23.2 Å². The Labute approximate surface area is 178 Å². The average molecular weight is 427 g/mol. The van der Waals surface area contributed by atoms with Crippen LogP contribution in [0.5, 0.6) is 0 Å². The zero-order valence-corrected chi connectivity index (χ0v) is 16.9. The zero-order chi connectivity index (χ0) is 21.2. The van der Waals surface area contributed by atoms with Crippen molar-refractivity contribution in [3.05, 3.63) is 48.5 Å². The summed E-state index contributed by atoms with van der Waals surface area (Å²) in [7, 11) is 0. The number of nitrogens with one attached hydrogen (secondary N) is 1. The standard InChI is InChI=1S/C21H25N5O5/c27-17-15(10-30-8-13-4-2-1-3-5-13)31-21(18(17)28)26-12-24-16-19(22-11-23-20(16)26)25-14-6-7-29-9-14/h1-5,11-12,14-15,17-18,21,27-28H,6-10H2,(H,22,23,25)/t14?,15-,17-,18-,21-/m1/s1. The lowest BCUT2D eigenvalue weighted by Gasteiger charge is -2.17. The number of ether oxygens (including phenoxy) is 3. The van der Waals surface area contributed by atoms with Gasteiger partial charge in [0.2, 0.25) is 0 Å². The normalized spacial score (nSPS) is 28.4. The lowest BCUT2D eigenvalue weighted by Crippen LogP contribution is -2.33. The van der Waals surface area contributed by atoms with Gasteiger partial charge in [-0.15, -0.1) is 0 Å². The Morgan fingerprint density at radius 1 is 1.13 bits per heavy atom. The first-order valence-electron chi connectivity index (χ1n) is 10.4. The molecule has 31 heavy (non-hydrogen) atoms. The summed E-state index contributed by atoms with van der Waals surface area (Å²) in [5.74, 6) is 0.607. The van der Waals surface area contributed by atoms with Crippen LogP contribution in [-0.4, -0.2) is 73.9 Å². The Hall–Kier alpha value is -2.63. The fourth-order valence-electron chi connectivity index (χ4n) is 3.95. The highest BCUT2D eigenvalue weighted by Gasteiger charge is 2.44. The van der Waals surface area contributed by atoms with Crippen LogP contribution < -0.4 is 5.32 Å². The van der Waals surface area contributed by atoms with Gasteiger partial charge in [-0.1, -0.05) is 30.3 Å². The second-order valence-electron chi connectivity index (χ2n) is 7.80. The predicted molar refractivity (Wildman–Crippen MR) is 110 cm³/mol. The van der Waals surface area contributed by atoms with Crippen molar-refractivity contribution in [2.75, 3.05) is 25.1 Å². The Morgan fingerprint density at radius 3 is 2.81 bits per heavy atom. The van der Waals surface area contributed by atoms with E-state index in [-0.39, 0.29) is 12.6 Å². The first-order chi connectivity index (χ1) is 15.2. The highest BCUT2D eigenvalue weighted by molar-refractivity contribution is 5.82. The lowest BCUT2D eigenvalue weighted by molar-refractivity contribution is -0.0682. The SMILES string of the molecule is O[C@@H]1[C@H](O)[C@@H](COCc2ccccc2)O[C@H]1n1cnc2c(NC3CCOC3)ncnc21. The molecule has 0 bridgehead atoms. The largest absolute Gasteiger partial charge is 0.387 e. The van der Waals surface area contributed by atoms with Gasteiger partial charge in [0.1, 0.15) is 24.6 Å². The Bertz CT molecular complexity index is 1010. The van der Waals surface area contributed by atoms with Crippen molar-refractivity contribution in [3.8, 4) is 0 Å². The van der Waals surface area contributed by atoms with Gasteiger partial charge in [0, 0.05) is 6.61 Å². The van der Waals surface area contributed by atoms with E-state index < -0.39 is 24.5 Å². The van der Waals surface area contributed by atoms with Crippen LogP contribution in [0.2, 0.25) is 0 Å². The number of nitrogens with zero attached hydrogens (tertiary/aromatic N) is 4. The molecule has 1 unspecified atom stereocenters. The fourth-order valence-corrected chi connectivity index (χ4v) is 3.95. The smallest absolute Gasteiger partial charge is 0.167 e. The van der Waals surface area contributed by atoms with E-state index in [9.17, 15) is 10.2 Å². The van der Waals surface area contributed by atoms with Crippen LogP contribution in [0.25, 0.3) is 11.2 Å². The number of rotatable bonds is 7. The number of anilines is 1. The molecule has 2 aliphatic rings. The van der Waals surface area contributed by atoms with E-state index in [1.54, 1.807) is 10.9 Å². The molecule has 4 heterocycles. The van der Waals surface area contributed by atoms with Gasteiger partial charge in [0.25, 0.3) is 0 Å². The molecule has 3 aromatic rings. The maximum absolute atomic E-state index is 10.6. The number of aromatic nitrogens is 4. The van der Waals surface area contributed by atoms with Crippen molar-refractivity contribution in [1.82, 2.24) is 19.5 Å². The number of aliphatic hydroxyl groups is 2. The third kappa shape index (κ3) is 4.12. The van der Waals surface area contributed by atoms with Crippen molar-refractivity contribution in [3.63, 3.8) is 0 Å². The maximum Gasteiger partial charge on any atom is 0.167 e. The molecule has 10 nitrogen and oxygen atoms in total. The number of imidazole rings is 1. The number of hydrogen-bond donors (Lipinski definition) is 3. The van der Waals surface area contributed by atoms with Crippen LogP contribution in [0, 0.1) is 0 Å². The highest BCUT2D eigenvalue weighted by Crippen LogP contribution is 2.32. The quantitative estimate of drug-likeness (QED) is 0.504. The number of hydrogen-bond acceptors (Lipinski definition) is 9. The summed E-state index contributed by atoms with van der Waals surface area (Å²) in [5.41, 5.74) is 2.11. The molecule has 0 radical (unpaired) electrons. The minimum atomic E-state index is -1.14. The van der Waals surface area contributed by atoms with E-state index in [1.165, 1.54) is 6.33 Å². The third-order valence-electron chi connectivity index (χ3n) is 5.63. The number of aliphatic hydroxyl groups excluding tert-OH is 2. The average Bonchev–Trinajstić information content (AvgIpc) is 3.51. The van der Waals surface area contributed by atoms with Crippen LogP contribution in [0.15, 0.2) is 43.0 Å². The molecule has 2 aromatic heterocycles. The molecule has 164 valence electrons. The minimum Gasteiger partial charge on any atom is -0.387 e. The van der Waals surface area contributed by atoms with Crippen molar-refractivity contribution in [2.24, 2.45) is 0 Å². The predicted octanol–water partition coefficient (Wildman–Crippen LogP) is 0.863. The minimum absolute atomic E-state index is 0.153. The number of benzene rings is 1. The molecule has 0 saturated carbocycles. The molecule has 0 aliphatic carbocycles. The van der Waals surface area contributed by atoms with Crippen LogP contribution >= 0.6 is 0 Å². The van der Waals surface area contributed by atoms with Crippen LogP contribution in [-0.2, 0) is 20.8 Å². The maximum atomic E-state index is 10.6. The van der Waals surface area contributed by atoms with Crippen molar-refractivity contribution in [1.29, 1.82) is 0 Å². The van der Waals surface area contributed by atoms with Gasteiger partial charge in [0.05, 0.1) is 32.2 Å². The topological polar surface area (TPSA) is 124 Å². The monoisotopic (exact) mass is 427 g/mol. The van der Waals surface area contributed by atoms with E-state index in [4.69, 9.17) is 14.2 Å². The molecule has 2 saturated heterocycles. The van der Waals surface area contributed by atoms with Gasteiger partial charge in [-0.25, -0.2) is 15.0 Å². The lowest BCUT2D eigenvalue weighted by atomic mass is 10.1. The second kappa shape index (κ2) is 8.85. The summed E-state index contributed by atoms with van der Waals surface area (Å²) in [6.45, 7) is 1.89. The van der Waals surface area contributed by atoms with Crippen LogP contribution in [0.3, 0.4) is 0 Å². The fraction of sp³-hybridized carbons (Fsp3) is 0.476.